The Bertz CT molecular complexity index is 834. The highest BCUT2D eigenvalue weighted by Crippen LogP contribution is 2.26. The van der Waals surface area contributed by atoms with E-state index in [1.165, 1.54) is 77.0 Å². The molecule has 0 bridgehead atoms. The summed E-state index contributed by atoms with van der Waals surface area (Å²) in [5, 5.41) is 70.9. The molecule has 2 fully saturated rings. The van der Waals surface area contributed by atoms with E-state index in [2.05, 4.69) is 6.92 Å². The maximum atomic E-state index is 12.0. The second-order valence-electron chi connectivity index (χ2n) is 13.4. The van der Waals surface area contributed by atoms with Gasteiger partial charge in [0.1, 0.15) is 54.9 Å². The van der Waals surface area contributed by atoms with Crippen molar-refractivity contribution in [1.82, 2.24) is 0 Å². The summed E-state index contributed by atoms with van der Waals surface area (Å²) >= 11 is 0. The van der Waals surface area contributed by atoms with Crippen LogP contribution in [0.25, 0.3) is 0 Å². The van der Waals surface area contributed by atoms with E-state index in [1.54, 1.807) is 6.92 Å². The Hall–Kier alpha value is -1.01. The van der Waals surface area contributed by atoms with Gasteiger partial charge in [0.15, 0.2) is 12.6 Å². The monoisotopic (exact) mass is 710 g/mol. The fraction of sp³-hybridized carbons (Fsp3) is 0.971. The lowest BCUT2D eigenvalue weighted by Gasteiger charge is -2.42. The predicted molar refractivity (Wildman–Crippen MR) is 178 cm³/mol. The minimum absolute atomic E-state index is 0.0575. The SMILES string of the molecule is CCCCCCCCCCCCCCCCCOCC(COC1OC(COC2OC(CO)C(O)C(O)C2O)C(O)C(O)C1O)OC(=O)CC. The summed E-state index contributed by atoms with van der Waals surface area (Å²) in [7, 11) is 0. The van der Waals surface area contributed by atoms with Crippen LogP contribution >= 0.6 is 0 Å². The smallest absolute Gasteiger partial charge is 0.305 e. The van der Waals surface area contributed by atoms with Crippen LogP contribution in [-0.4, -0.2) is 142 Å². The Labute approximate surface area is 292 Å². The Kier molecular flexibility index (Phi) is 23.3. The highest BCUT2D eigenvalue weighted by Gasteiger charge is 2.47. The van der Waals surface area contributed by atoms with Gasteiger partial charge in [-0.05, 0) is 6.42 Å². The summed E-state index contributed by atoms with van der Waals surface area (Å²) in [5.41, 5.74) is 0. The molecule has 0 aliphatic carbocycles. The molecule has 14 heteroatoms. The average molecular weight is 711 g/mol. The second-order valence-corrected chi connectivity index (χ2v) is 13.4. The first-order chi connectivity index (χ1) is 23.6. The number of esters is 1. The molecule has 11 atom stereocenters. The summed E-state index contributed by atoms with van der Waals surface area (Å²) in [4.78, 5) is 12.0. The normalized spacial score (nSPS) is 31.1. The molecular formula is C35H66O14. The number of carbonyl (C=O) groups excluding carboxylic acids is 1. The standard InChI is InChI=1S/C35H66O14/c1-3-5-6-7-8-9-10-11-12-13-14-15-16-17-18-19-44-21-24(47-27(37)4-2)22-45-34-33(43)31(41)29(39)26(49-34)23-46-35-32(42)30(40)28(38)25(20-36)48-35/h24-26,28-36,38-43H,3-23H2,1-2H3. The minimum atomic E-state index is -1.69. The van der Waals surface area contributed by atoms with Crippen LogP contribution in [0.1, 0.15) is 117 Å². The van der Waals surface area contributed by atoms with E-state index in [1.807, 2.05) is 0 Å². The number of aliphatic hydroxyl groups is 7. The first-order valence-electron chi connectivity index (χ1n) is 18.6. The largest absolute Gasteiger partial charge is 0.457 e. The molecule has 0 spiro atoms. The molecular weight excluding hydrogens is 644 g/mol. The van der Waals surface area contributed by atoms with Gasteiger partial charge in [-0.2, -0.15) is 0 Å². The van der Waals surface area contributed by atoms with E-state index in [4.69, 9.17) is 28.4 Å². The summed E-state index contributed by atoms with van der Waals surface area (Å²) in [6, 6.07) is 0. The molecule has 0 aromatic rings. The highest BCUT2D eigenvalue weighted by atomic mass is 16.7. The van der Waals surface area contributed by atoms with Gasteiger partial charge < -0.3 is 64.2 Å². The molecule has 2 heterocycles. The van der Waals surface area contributed by atoms with Crippen LogP contribution in [-0.2, 0) is 33.2 Å². The maximum absolute atomic E-state index is 12.0. The predicted octanol–water partition coefficient (Wildman–Crippen LogP) is 1.84. The lowest BCUT2D eigenvalue weighted by molar-refractivity contribution is -0.332. The number of hydrogen-bond acceptors (Lipinski definition) is 14. The molecule has 0 aromatic carbocycles. The van der Waals surface area contributed by atoms with Crippen molar-refractivity contribution in [3.8, 4) is 0 Å². The quantitative estimate of drug-likeness (QED) is 0.0479. The molecule has 0 amide bonds. The Morgan fingerprint density at radius 3 is 1.57 bits per heavy atom. The summed E-state index contributed by atoms with van der Waals surface area (Å²) in [6.45, 7) is 3.09. The van der Waals surface area contributed by atoms with Gasteiger partial charge in [0, 0.05) is 13.0 Å². The van der Waals surface area contributed by atoms with E-state index in [0.29, 0.717) is 6.61 Å². The van der Waals surface area contributed by atoms with Crippen LogP contribution in [0.2, 0.25) is 0 Å². The minimum Gasteiger partial charge on any atom is -0.457 e. The lowest BCUT2D eigenvalue weighted by atomic mass is 9.98. The lowest BCUT2D eigenvalue weighted by Crippen LogP contribution is -2.61. The summed E-state index contributed by atoms with van der Waals surface area (Å²) in [5.74, 6) is -0.462. The van der Waals surface area contributed by atoms with Crippen LogP contribution in [0.3, 0.4) is 0 Å². The summed E-state index contributed by atoms with van der Waals surface area (Å²) in [6.07, 6.45) is 3.02. The van der Waals surface area contributed by atoms with Gasteiger partial charge in [0.25, 0.3) is 0 Å². The molecule has 0 saturated carbocycles. The van der Waals surface area contributed by atoms with Crippen molar-refractivity contribution in [3.05, 3.63) is 0 Å². The summed E-state index contributed by atoms with van der Waals surface area (Å²) < 4.78 is 33.3. The van der Waals surface area contributed by atoms with Gasteiger partial charge in [0.05, 0.1) is 26.4 Å². The van der Waals surface area contributed by atoms with Gasteiger partial charge >= 0.3 is 5.97 Å². The zero-order valence-corrected chi connectivity index (χ0v) is 29.7. The molecule has 0 aromatic heterocycles. The molecule has 2 saturated heterocycles. The average Bonchev–Trinajstić information content (AvgIpc) is 3.10. The van der Waals surface area contributed by atoms with E-state index < -0.39 is 86.7 Å². The van der Waals surface area contributed by atoms with Gasteiger partial charge in [-0.1, -0.05) is 104 Å². The number of hydrogen-bond donors (Lipinski definition) is 7. The van der Waals surface area contributed by atoms with Gasteiger partial charge in [-0.15, -0.1) is 0 Å². The van der Waals surface area contributed by atoms with Crippen molar-refractivity contribution < 1.29 is 69.0 Å². The molecule has 49 heavy (non-hydrogen) atoms. The highest BCUT2D eigenvalue weighted by molar-refractivity contribution is 5.69. The first kappa shape index (κ1) is 44.2. The van der Waals surface area contributed by atoms with Crippen molar-refractivity contribution in [2.45, 2.75) is 184 Å². The Balaban J connectivity index is 1.68. The van der Waals surface area contributed by atoms with Crippen molar-refractivity contribution in [2.75, 3.05) is 33.0 Å². The molecule has 2 aliphatic heterocycles. The van der Waals surface area contributed by atoms with Gasteiger partial charge in [-0.3, -0.25) is 4.79 Å². The zero-order valence-electron chi connectivity index (χ0n) is 29.7. The first-order valence-corrected chi connectivity index (χ1v) is 18.6. The van der Waals surface area contributed by atoms with Crippen molar-refractivity contribution >= 4 is 5.97 Å². The number of ether oxygens (including phenoxy) is 6. The fourth-order valence-electron chi connectivity index (χ4n) is 5.96. The Morgan fingerprint density at radius 2 is 1.06 bits per heavy atom. The van der Waals surface area contributed by atoms with Gasteiger partial charge in [0.2, 0.25) is 0 Å². The molecule has 290 valence electrons. The molecule has 2 rings (SSSR count). The second kappa shape index (κ2) is 25.9. The van der Waals surface area contributed by atoms with Crippen molar-refractivity contribution in [2.24, 2.45) is 0 Å². The van der Waals surface area contributed by atoms with Crippen LogP contribution in [0.4, 0.5) is 0 Å². The number of unbranched alkanes of at least 4 members (excludes halogenated alkanes) is 14. The fourth-order valence-corrected chi connectivity index (χ4v) is 5.96. The van der Waals surface area contributed by atoms with Crippen LogP contribution in [0, 0.1) is 0 Å². The van der Waals surface area contributed by atoms with Gasteiger partial charge in [-0.25, -0.2) is 0 Å². The third kappa shape index (κ3) is 16.5. The van der Waals surface area contributed by atoms with Crippen LogP contribution in [0.15, 0.2) is 0 Å². The maximum Gasteiger partial charge on any atom is 0.305 e. The van der Waals surface area contributed by atoms with E-state index in [9.17, 15) is 40.5 Å². The number of carbonyl (C=O) groups is 1. The molecule has 7 N–H and O–H groups in total. The number of rotatable bonds is 27. The van der Waals surface area contributed by atoms with Crippen molar-refractivity contribution in [1.29, 1.82) is 0 Å². The molecule has 0 radical (unpaired) electrons. The Morgan fingerprint density at radius 1 is 0.592 bits per heavy atom. The van der Waals surface area contributed by atoms with E-state index >= 15 is 0 Å². The molecule has 11 unspecified atom stereocenters. The van der Waals surface area contributed by atoms with Crippen LogP contribution < -0.4 is 0 Å². The zero-order chi connectivity index (χ0) is 36.0. The topological polar surface area (TPSA) is 214 Å². The molecule has 2 aliphatic rings. The van der Waals surface area contributed by atoms with E-state index in [0.717, 1.165) is 19.3 Å². The third-order valence-corrected chi connectivity index (χ3v) is 9.17. The number of aliphatic hydroxyl groups excluding tert-OH is 7. The third-order valence-electron chi connectivity index (χ3n) is 9.17. The van der Waals surface area contributed by atoms with E-state index in [-0.39, 0.29) is 19.6 Å². The molecule has 14 nitrogen and oxygen atoms in total. The van der Waals surface area contributed by atoms with Crippen molar-refractivity contribution in [3.63, 3.8) is 0 Å². The van der Waals surface area contributed by atoms with Crippen LogP contribution in [0.5, 0.6) is 0 Å².